The van der Waals surface area contributed by atoms with Gasteiger partial charge in [0.25, 0.3) is 0 Å². The first-order chi connectivity index (χ1) is 20.2. The van der Waals surface area contributed by atoms with Gasteiger partial charge in [-0.2, -0.15) is 0 Å². The molecule has 0 aliphatic carbocycles. The molecule has 3 atom stereocenters. The Morgan fingerprint density at radius 1 is 1.12 bits per heavy atom. The number of carboxylic acids is 1. The molecule has 232 valence electrons. The second kappa shape index (κ2) is 14.8. The molecule has 0 bridgehead atoms. The van der Waals surface area contributed by atoms with Gasteiger partial charge in [-0.1, -0.05) is 13.3 Å². The summed E-state index contributed by atoms with van der Waals surface area (Å²) in [5.74, 6) is 0.187. The van der Waals surface area contributed by atoms with Crippen LogP contribution in [-0.2, 0) is 22.6 Å². The van der Waals surface area contributed by atoms with Crippen LogP contribution in [0.3, 0.4) is 0 Å². The maximum absolute atomic E-state index is 13.8. The lowest BCUT2D eigenvalue weighted by atomic mass is 9.83. The molecule has 1 fully saturated rings. The van der Waals surface area contributed by atoms with Crippen LogP contribution in [0.2, 0.25) is 0 Å². The molecule has 0 saturated carbocycles. The van der Waals surface area contributed by atoms with E-state index in [1.54, 1.807) is 6.20 Å². The third-order valence-corrected chi connectivity index (χ3v) is 8.28. The Hall–Kier alpha value is -3.15. The van der Waals surface area contributed by atoms with Crippen LogP contribution in [0.4, 0.5) is 0 Å². The predicted molar refractivity (Wildman–Crippen MR) is 157 cm³/mol. The highest BCUT2D eigenvalue weighted by atomic mass is 16.7. The zero-order chi connectivity index (χ0) is 30.2. The number of unbranched alkanes of at least 4 members (excludes halogenated alkanes) is 2. The van der Waals surface area contributed by atoms with Crippen LogP contribution in [0.15, 0.2) is 22.7 Å². The molecule has 1 amide bonds. The summed E-state index contributed by atoms with van der Waals surface area (Å²) in [6.45, 7) is 6.64. The SMILES string of the molecule is CCCCN(CCCCN(C)C)C(=O)CN1C[C@H](c2cc(CO)c3c(c2)OCO3)[C@@H](C(=O)O)[C@@H]1CCc1ncc(C)o1. The predicted octanol–water partition coefficient (Wildman–Crippen LogP) is 3.28. The minimum atomic E-state index is -0.918. The molecule has 3 heterocycles. The summed E-state index contributed by atoms with van der Waals surface area (Å²) in [5.41, 5.74) is 1.32. The van der Waals surface area contributed by atoms with Crippen LogP contribution >= 0.6 is 0 Å². The fraction of sp³-hybridized carbons (Fsp3) is 0.645. The number of ether oxygens (including phenoxy) is 2. The van der Waals surface area contributed by atoms with Gasteiger partial charge in [-0.15, -0.1) is 0 Å². The van der Waals surface area contributed by atoms with Crippen molar-refractivity contribution in [2.75, 3.05) is 53.6 Å². The molecule has 0 spiro atoms. The smallest absolute Gasteiger partial charge is 0.308 e. The summed E-state index contributed by atoms with van der Waals surface area (Å²) in [5, 5.41) is 20.5. The number of nitrogens with zero attached hydrogens (tertiary/aromatic N) is 4. The summed E-state index contributed by atoms with van der Waals surface area (Å²) in [7, 11) is 4.10. The van der Waals surface area contributed by atoms with Gasteiger partial charge in [0, 0.05) is 43.6 Å². The molecule has 42 heavy (non-hydrogen) atoms. The van der Waals surface area contributed by atoms with E-state index in [1.807, 2.05) is 43.0 Å². The number of aryl methyl sites for hydroxylation is 2. The summed E-state index contributed by atoms with van der Waals surface area (Å²) in [6, 6.07) is 3.22. The zero-order valence-corrected chi connectivity index (χ0v) is 25.4. The number of hydrogen-bond donors (Lipinski definition) is 2. The van der Waals surface area contributed by atoms with E-state index >= 15 is 0 Å². The van der Waals surface area contributed by atoms with Crippen molar-refractivity contribution in [2.24, 2.45) is 5.92 Å². The number of carbonyl (C=O) groups is 2. The van der Waals surface area contributed by atoms with Crippen molar-refractivity contribution in [1.82, 2.24) is 19.7 Å². The van der Waals surface area contributed by atoms with E-state index in [0.29, 0.717) is 61.2 Å². The standard InChI is InChI=1S/C31H46N4O7/c1-5-6-12-34(13-8-7-11-33(3)4)28(37)18-35-17-24(22-14-23(19-36)30-26(15-22)40-20-41-30)29(31(38)39)25(35)9-10-27-32-16-21(2)42-27/h14-16,24-25,29,36H,5-13,17-20H2,1-4H3,(H,38,39)/t24-,25+,29-/m1/s1. The molecular weight excluding hydrogens is 540 g/mol. The van der Waals surface area contributed by atoms with Crippen molar-refractivity contribution in [1.29, 1.82) is 0 Å². The first kappa shape index (κ1) is 31.8. The number of likely N-dealkylation sites (tertiary alicyclic amines) is 1. The molecule has 0 radical (unpaired) electrons. The van der Waals surface area contributed by atoms with E-state index in [2.05, 4.69) is 16.8 Å². The first-order valence-corrected chi connectivity index (χ1v) is 15.1. The number of rotatable bonds is 16. The molecule has 2 aliphatic heterocycles. The van der Waals surface area contributed by atoms with Crippen molar-refractivity contribution >= 4 is 11.9 Å². The number of aromatic nitrogens is 1. The average Bonchev–Trinajstić information content (AvgIpc) is 3.69. The van der Waals surface area contributed by atoms with Crippen molar-refractivity contribution in [2.45, 2.75) is 70.9 Å². The van der Waals surface area contributed by atoms with E-state index in [1.165, 1.54) is 0 Å². The number of carbonyl (C=O) groups excluding carboxylic acids is 1. The number of oxazole rings is 1. The Morgan fingerprint density at radius 2 is 1.88 bits per heavy atom. The van der Waals surface area contributed by atoms with Gasteiger partial charge in [-0.3, -0.25) is 14.5 Å². The van der Waals surface area contributed by atoms with Gasteiger partial charge < -0.3 is 33.9 Å². The van der Waals surface area contributed by atoms with Crippen molar-refractivity contribution in [3.63, 3.8) is 0 Å². The summed E-state index contributed by atoms with van der Waals surface area (Å²) in [6.07, 6.45) is 6.45. The van der Waals surface area contributed by atoms with Gasteiger partial charge in [0.15, 0.2) is 17.4 Å². The van der Waals surface area contributed by atoms with E-state index in [4.69, 9.17) is 13.9 Å². The third-order valence-electron chi connectivity index (χ3n) is 8.28. The van der Waals surface area contributed by atoms with Crippen molar-refractivity contribution in [3.05, 3.63) is 41.1 Å². The van der Waals surface area contributed by atoms with Crippen LogP contribution < -0.4 is 9.47 Å². The lowest BCUT2D eigenvalue weighted by molar-refractivity contribution is -0.143. The van der Waals surface area contributed by atoms with Crippen molar-refractivity contribution < 1.29 is 33.7 Å². The topological polar surface area (TPSA) is 129 Å². The number of aliphatic carboxylic acids is 1. The van der Waals surface area contributed by atoms with Gasteiger partial charge in [-0.05, 0) is 70.9 Å². The minimum absolute atomic E-state index is 0.0248. The number of amides is 1. The molecule has 2 aliphatic rings. The Morgan fingerprint density at radius 3 is 2.55 bits per heavy atom. The van der Waals surface area contributed by atoms with Crippen LogP contribution in [0.25, 0.3) is 0 Å². The molecule has 1 saturated heterocycles. The molecule has 1 aromatic heterocycles. The number of fused-ring (bicyclic) bond motifs is 1. The normalized spacial score (nSPS) is 20.0. The molecule has 2 N–H and O–H groups in total. The largest absolute Gasteiger partial charge is 0.481 e. The number of hydrogen-bond acceptors (Lipinski definition) is 9. The number of aliphatic hydroxyl groups is 1. The maximum Gasteiger partial charge on any atom is 0.308 e. The van der Waals surface area contributed by atoms with E-state index in [-0.39, 0.29) is 25.9 Å². The molecule has 1 aromatic carbocycles. The molecule has 0 unspecified atom stereocenters. The molecular formula is C31H46N4O7. The number of aliphatic hydroxyl groups excluding tert-OH is 1. The Labute approximate surface area is 248 Å². The molecule has 11 nitrogen and oxygen atoms in total. The minimum Gasteiger partial charge on any atom is -0.481 e. The van der Waals surface area contributed by atoms with E-state index < -0.39 is 23.8 Å². The third kappa shape index (κ3) is 7.81. The highest BCUT2D eigenvalue weighted by Crippen LogP contribution is 2.44. The van der Waals surface area contributed by atoms with Crippen LogP contribution in [0.1, 0.15) is 67.7 Å². The fourth-order valence-electron chi connectivity index (χ4n) is 6.13. The van der Waals surface area contributed by atoms with Gasteiger partial charge in [0.05, 0.1) is 25.3 Å². The zero-order valence-electron chi connectivity index (χ0n) is 25.4. The quantitative estimate of drug-likeness (QED) is 0.283. The highest BCUT2D eigenvalue weighted by molar-refractivity contribution is 5.79. The van der Waals surface area contributed by atoms with Gasteiger partial charge in [0.2, 0.25) is 12.7 Å². The second-order valence-electron chi connectivity index (χ2n) is 11.7. The number of carboxylic acid groups (broad SMARTS) is 1. The monoisotopic (exact) mass is 586 g/mol. The Kier molecular flexibility index (Phi) is 11.2. The maximum atomic E-state index is 13.8. The summed E-state index contributed by atoms with van der Waals surface area (Å²) in [4.78, 5) is 37.1. The van der Waals surface area contributed by atoms with Gasteiger partial charge in [-0.25, -0.2) is 4.98 Å². The lowest BCUT2D eigenvalue weighted by Gasteiger charge is -2.29. The van der Waals surface area contributed by atoms with Crippen LogP contribution in [0.5, 0.6) is 11.5 Å². The molecule has 11 heteroatoms. The lowest BCUT2D eigenvalue weighted by Crippen LogP contribution is -2.45. The Bertz CT molecular complexity index is 1200. The van der Waals surface area contributed by atoms with Crippen LogP contribution in [-0.4, -0.2) is 101 Å². The molecule has 4 rings (SSSR count). The Balaban J connectivity index is 1.59. The average molecular weight is 587 g/mol. The highest BCUT2D eigenvalue weighted by Gasteiger charge is 2.47. The fourth-order valence-corrected chi connectivity index (χ4v) is 6.13. The number of benzene rings is 1. The second-order valence-corrected chi connectivity index (χ2v) is 11.7. The van der Waals surface area contributed by atoms with Gasteiger partial charge >= 0.3 is 5.97 Å². The van der Waals surface area contributed by atoms with E-state index in [0.717, 1.165) is 37.8 Å². The summed E-state index contributed by atoms with van der Waals surface area (Å²) >= 11 is 0. The molecule has 2 aromatic rings. The van der Waals surface area contributed by atoms with Gasteiger partial charge in [0.1, 0.15) is 5.76 Å². The van der Waals surface area contributed by atoms with Crippen LogP contribution in [0, 0.1) is 12.8 Å². The summed E-state index contributed by atoms with van der Waals surface area (Å²) < 4.78 is 16.8. The van der Waals surface area contributed by atoms with Crippen molar-refractivity contribution in [3.8, 4) is 11.5 Å². The first-order valence-electron chi connectivity index (χ1n) is 15.1. The van der Waals surface area contributed by atoms with E-state index in [9.17, 15) is 19.8 Å².